The second-order valence-electron chi connectivity index (χ2n) is 7.64. The van der Waals surface area contributed by atoms with Gasteiger partial charge in [-0.05, 0) is 39.0 Å². The van der Waals surface area contributed by atoms with Crippen molar-refractivity contribution >= 4 is 27.3 Å². The smallest absolute Gasteiger partial charge is 0.274 e. The number of sulfone groups is 1. The molecule has 9 nitrogen and oxygen atoms in total. The van der Waals surface area contributed by atoms with E-state index < -0.39 is 37.7 Å². The molecular formula is C19H22FN5O4S. The molecule has 3 rings (SSSR count). The summed E-state index contributed by atoms with van der Waals surface area (Å²) in [6.45, 7) is 4.37. The summed E-state index contributed by atoms with van der Waals surface area (Å²) in [5.74, 6) is -1.54. The Labute approximate surface area is 173 Å². The van der Waals surface area contributed by atoms with E-state index in [1.165, 1.54) is 46.2 Å². The molecule has 160 valence electrons. The molecule has 1 amide bonds. The van der Waals surface area contributed by atoms with E-state index in [0.29, 0.717) is 5.75 Å². The number of aromatic nitrogens is 2. The van der Waals surface area contributed by atoms with Gasteiger partial charge in [0.15, 0.2) is 9.84 Å². The minimum Gasteiger partial charge on any atom is -0.495 e. The molecular weight excluding hydrogens is 413 g/mol. The van der Waals surface area contributed by atoms with Crippen LogP contribution in [0.2, 0.25) is 0 Å². The average Bonchev–Trinajstić information content (AvgIpc) is 2.67. The van der Waals surface area contributed by atoms with Crippen LogP contribution in [0.15, 0.2) is 35.6 Å². The summed E-state index contributed by atoms with van der Waals surface area (Å²) in [7, 11) is -2.25. The van der Waals surface area contributed by atoms with Crippen LogP contribution < -0.4 is 15.8 Å². The van der Waals surface area contributed by atoms with Crippen LogP contribution in [-0.4, -0.2) is 47.7 Å². The number of ether oxygens (including phenoxy) is 1. The Balaban J connectivity index is 1.95. The number of halogens is 1. The minimum atomic E-state index is -3.73. The number of rotatable bonds is 4. The predicted molar refractivity (Wildman–Crippen MR) is 110 cm³/mol. The number of carbonyl (C=O) groups excluding carboxylic acids is 1. The van der Waals surface area contributed by atoms with E-state index in [1.807, 2.05) is 0 Å². The Morgan fingerprint density at radius 3 is 2.50 bits per heavy atom. The van der Waals surface area contributed by atoms with Crippen molar-refractivity contribution in [1.82, 2.24) is 9.97 Å². The maximum absolute atomic E-state index is 14.6. The van der Waals surface area contributed by atoms with Gasteiger partial charge in [0.1, 0.15) is 27.6 Å². The summed E-state index contributed by atoms with van der Waals surface area (Å²) in [6.07, 6.45) is 2.51. The molecule has 1 aliphatic heterocycles. The van der Waals surface area contributed by atoms with E-state index in [1.54, 1.807) is 6.07 Å². The number of nitrogens with zero attached hydrogens (tertiary/aromatic N) is 3. The fraction of sp³-hybridized carbons (Fsp3) is 0.368. The molecule has 0 spiro atoms. The van der Waals surface area contributed by atoms with E-state index in [4.69, 9.17) is 10.5 Å². The van der Waals surface area contributed by atoms with E-state index in [-0.39, 0.29) is 22.8 Å². The first-order valence-electron chi connectivity index (χ1n) is 8.95. The van der Waals surface area contributed by atoms with Crippen molar-refractivity contribution in [2.75, 3.05) is 18.2 Å². The topological polar surface area (TPSA) is 137 Å². The summed E-state index contributed by atoms with van der Waals surface area (Å²) in [5, 5.41) is 2.57. The fourth-order valence-corrected chi connectivity index (χ4v) is 4.69. The molecule has 3 heterocycles. The highest BCUT2D eigenvalue weighted by Gasteiger charge is 2.49. The standard InChI is InChI=1S/C19H22FN5O4S/c1-18(2)17(21)25-19(3,10-30(18,27)28)13-7-11(8-23-15(13)20)24-16(26)14-6-5-12(29-4)9-22-14/h5-9H,10H2,1-4H3,(H2,21,25)(H,24,26)/t19-/m0/s1. The van der Waals surface area contributed by atoms with Gasteiger partial charge in [-0.15, -0.1) is 0 Å². The normalized spacial score (nSPS) is 22.1. The molecule has 1 atom stereocenters. The third kappa shape index (κ3) is 3.72. The number of methoxy groups -OCH3 is 1. The van der Waals surface area contributed by atoms with Crippen LogP contribution in [0.4, 0.5) is 10.1 Å². The van der Waals surface area contributed by atoms with E-state index in [9.17, 15) is 17.6 Å². The van der Waals surface area contributed by atoms with Crippen LogP contribution in [-0.2, 0) is 15.4 Å². The molecule has 0 unspecified atom stereocenters. The van der Waals surface area contributed by atoms with Crippen molar-refractivity contribution in [2.24, 2.45) is 10.7 Å². The van der Waals surface area contributed by atoms with Gasteiger partial charge in [0.05, 0.1) is 30.9 Å². The first-order valence-corrected chi connectivity index (χ1v) is 10.6. The van der Waals surface area contributed by atoms with Gasteiger partial charge in [-0.25, -0.2) is 18.4 Å². The first-order chi connectivity index (χ1) is 13.9. The summed E-state index contributed by atoms with van der Waals surface area (Å²) in [4.78, 5) is 24.4. The summed E-state index contributed by atoms with van der Waals surface area (Å²) in [6, 6.07) is 4.34. The Hall–Kier alpha value is -3.08. The van der Waals surface area contributed by atoms with Gasteiger partial charge < -0.3 is 15.8 Å². The van der Waals surface area contributed by atoms with Crippen molar-refractivity contribution in [3.05, 3.63) is 47.8 Å². The molecule has 3 N–H and O–H groups in total. The number of nitrogens with two attached hydrogens (primary N) is 1. The molecule has 0 aromatic carbocycles. The van der Waals surface area contributed by atoms with Crippen molar-refractivity contribution in [2.45, 2.75) is 31.1 Å². The van der Waals surface area contributed by atoms with Gasteiger partial charge in [0.2, 0.25) is 5.95 Å². The molecule has 11 heteroatoms. The number of aliphatic imine (C=N–C) groups is 1. The van der Waals surface area contributed by atoms with Gasteiger partial charge in [-0.2, -0.15) is 4.39 Å². The average molecular weight is 435 g/mol. The van der Waals surface area contributed by atoms with Gasteiger partial charge in [0, 0.05) is 5.56 Å². The van der Waals surface area contributed by atoms with Crippen LogP contribution in [0.25, 0.3) is 0 Å². The number of amidine groups is 1. The van der Waals surface area contributed by atoms with Crippen LogP contribution in [0.1, 0.15) is 36.8 Å². The van der Waals surface area contributed by atoms with Crippen molar-refractivity contribution in [3.8, 4) is 5.75 Å². The largest absolute Gasteiger partial charge is 0.495 e. The highest BCUT2D eigenvalue weighted by Crippen LogP contribution is 2.38. The molecule has 1 aliphatic rings. The zero-order chi connectivity index (χ0) is 22.3. The number of pyridine rings is 2. The number of hydrogen-bond acceptors (Lipinski definition) is 8. The Morgan fingerprint density at radius 2 is 1.93 bits per heavy atom. The lowest BCUT2D eigenvalue weighted by Crippen LogP contribution is -2.55. The molecule has 2 aromatic rings. The summed E-state index contributed by atoms with van der Waals surface area (Å²) < 4.78 is 43.6. The Kier molecular flexibility index (Phi) is 5.27. The Bertz CT molecular complexity index is 1130. The third-order valence-corrected chi connectivity index (χ3v) is 7.82. The monoisotopic (exact) mass is 435 g/mol. The molecule has 0 bridgehead atoms. The highest BCUT2D eigenvalue weighted by atomic mass is 32.2. The minimum absolute atomic E-state index is 0.0926. The lowest BCUT2D eigenvalue weighted by Gasteiger charge is -2.37. The zero-order valence-electron chi connectivity index (χ0n) is 16.9. The first kappa shape index (κ1) is 21.6. The van der Waals surface area contributed by atoms with Gasteiger partial charge >= 0.3 is 0 Å². The molecule has 0 aliphatic carbocycles. The third-order valence-electron chi connectivity index (χ3n) is 5.11. The fourth-order valence-electron chi connectivity index (χ4n) is 3.01. The quantitative estimate of drug-likeness (QED) is 0.697. The number of carbonyl (C=O) groups is 1. The van der Waals surface area contributed by atoms with Crippen molar-refractivity contribution in [3.63, 3.8) is 0 Å². The van der Waals surface area contributed by atoms with Crippen LogP contribution >= 0.6 is 0 Å². The molecule has 30 heavy (non-hydrogen) atoms. The highest BCUT2D eigenvalue weighted by molar-refractivity contribution is 7.93. The molecule has 0 fully saturated rings. The summed E-state index contributed by atoms with van der Waals surface area (Å²) >= 11 is 0. The van der Waals surface area contributed by atoms with Gasteiger partial charge in [0.25, 0.3) is 5.91 Å². The maximum atomic E-state index is 14.6. The van der Waals surface area contributed by atoms with Gasteiger partial charge in [-0.3, -0.25) is 9.79 Å². The molecule has 0 saturated carbocycles. The Morgan fingerprint density at radius 1 is 1.23 bits per heavy atom. The lowest BCUT2D eigenvalue weighted by molar-refractivity contribution is 0.102. The zero-order valence-corrected chi connectivity index (χ0v) is 17.7. The number of anilines is 1. The van der Waals surface area contributed by atoms with Crippen molar-refractivity contribution < 1.29 is 22.3 Å². The maximum Gasteiger partial charge on any atom is 0.274 e. The van der Waals surface area contributed by atoms with Gasteiger partial charge in [-0.1, -0.05) is 0 Å². The predicted octanol–water partition coefficient (Wildman–Crippen LogP) is 1.66. The lowest BCUT2D eigenvalue weighted by atomic mass is 9.94. The van der Waals surface area contributed by atoms with Crippen molar-refractivity contribution in [1.29, 1.82) is 0 Å². The van der Waals surface area contributed by atoms with Crippen LogP contribution in [0, 0.1) is 5.95 Å². The number of nitrogens with one attached hydrogen (secondary N) is 1. The second-order valence-corrected chi connectivity index (χ2v) is 10.2. The van der Waals surface area contributed by atoms with Crippen LogP contribution in [0.5, 0.6) is 5.75 Å². The second kappa shape index (κ2) is 7.31. The van der Waals surface area contributed by atoms with Crippen LogP contribution in [0.3, 0.4) is 0 Å². The summed E-state index contributed by atoms with van der Waals surface area (Å²) in [5.41, 5.74) is 4.59. The SMILES string of the molecule is COc1ccc(C(=O)Nc2cnc(F)c([C@]3(C)CS(=O)(=O)C(C)(C)C(N)=N3)c2)nc1. The molecule has 0 radical (unpaired) electrons. The molecule has 2 aromatic heterocycles. The molecule has 0 saturated heterocycles. The van der Waals surface area contributed by atoms with E-state index in [2.05, 4.69) is 20.3 Å². The van der Waals surface area contributed by atoms with E-state index in [0.717, 1.165) is 6.20 Å². The number of hydrogen-bond donors (Lipinski definition) is 2. The van der Waals surface area contributed by atoms with E-state index >= 15 is 0 Å². The number of amides is 1.